The van der Waals surface area contributed by atoms with Crippen LogP contribution in [0.1, 0.15) is 28.1 Å². The van der Waals surface area contributed by atoms with Gasteiger partial charge in [-0.25, -0.2) is 4.39 Å². The third-order valence-corrected chi connectivity index (χ3v) is 4.64. The molecular formula is C17H18FNO2S. The second-order valence-corrected chi connectivity index (χ2v) is 6.34. The van der Waals surface area contributed by atoms with E-state index in [1.54, 1.807) is 29.2 Å². The van der Waals surface area contributed by atoms with Gasteiger partial charge in [0.25, 0.3) is 5.91 Å². The van der Waals surface area contributed by atoms with Gasteiger partial charge in [-0.3, -0.25) is 4.79 Å². The van der Waals surface area contributed by atoms with Crippen molar-refractivity contribution in [1.82, 2.24) is 4.90 Å². The maximum atomic E-state index is 13.9. The van der Waals surface area contributed by atoms with Crippen LogP contribution in [-0.4, -0.2) is 30.1 Å². The minimum atomic E-state index is -0.279. The number of benzene rings is 1. The standard InChI is InChI=1S/C17H18FNO2S/c18-15-7-2-1-5-13(15)11-19(12-14-6-3-9-21-14)17(20)16-8-4-10-22-16/h1-2,4-5,7-8,10,14H,3,6,9,11-12H2. The molecule has 1 aliphatic rings. The van der Waals surface area contributed by atoms with Crippen LogP contribution in [0, 0.1) is 5.82 Å². The number of carbonyl (C=O) groups is 1. The van der Waals surface area contributed by atoms with Gasteiger partial charge >= 0.3 is 0 Å². The van der Waals surface area contributed by atoms with E-state index in [1.807, 2.05) is 11.4 Å². The fourth-order valence-electron chi connectivity index (χ4n) is 2.64. The first kappa shape index (κ1) is 15.2. The van der Waals surface area contributed by atoms with Gasteiger partial charge in [0.1, 0.15) is 5.82 Å². The predicted molar refractivity (Wildman–Crippen MR) is 84.4 cm³/mol. The van der Waals surface area contributed by atoms with E-state index in [9.17, 15) is 9.18 Å². The maximum Gasteiger partial charge on any atom is 0.264 e. The fourth-order valence-corrected chi connectivity index (χ4v) is 3.33. The Labute approximate surface area is 133 Å². The third kappa shape index (κ3) is 3.54. The number of carbonyl (C=O) groups excluding carboxylic acids is 1. The highest BCUT2D eigenvalue weighted by Crippen LogP contribution is 2.20. The lowest BCUT2D eigenvalue weighted by Gasteiger charge is -2.25. The molecular weight excluding hydrogens is 301 g/mol. The summed E-state index contributed by atoms with van der Waals surface area (Å²) < 4.78 is 19.5. The fraction of sp³-hybridized carbons (Fsp3) is 0.353. The molecule has 1 aromatic carbocycles. The van der Waals surface area contributed by atoms with Crippen LogP contribution in [0.2, 0.25) is 0 Å². The smallest absolute Gasteiger partial charge is 0.264 e. The Kier molecular flexibility index (Phi) is 4.85. The highest BCUT2D eigenvalue weighted by molar-refractivity contribution is 7.12. The van der Waals surface area contributed by atoms with Crippen molar-refractivity contribution in [3.63, 3.8) is 0 Å². The summed E-state index contributed by atoms with van der Waals surface area (Å²) in [5.74, 6) is -0.340. The highest BCUT2D eigenvalue weighted by Gasteiger charge is 2.24. The van der Waals surface area contributed by atoms with E-state index in [2.05, 4.69) is 0 Å². The molecule has 0 spiro atoms. The number of rotatable bonds is 5. The van der Waals surface area contributed by atoms with E-state index >= 15 is 0 Å². The molecule has 1 atom stereocenters. The Bertz CT molecular complexity index is 623. The molecule has 0 radical (unpaired) electrons. The summed E-state index contributed by atoms with van der Waals surface area (Å²) in [5.41, 5.74) is 0.533. The molecule has 1 saturated heterocycles. The third-order valence-electron chi connectivity index (χ3n) is 3.79. The summed E-state index contributed by atoms with van der Waals surface area (Å²) in [6, 6.07) is 10.2. The predicted octanol–water partition coefficient (Wildman–Crippen LogP) is 3.71. The average Bonchev–Trinajstić information content (AvgIpc) is 3.21. The van der Waals surface area contributed by atoms with Crippen molar-refractivity contribution in [3.8, 4) is 0 Å². The van der Waals surface area contributed by atoms with E-state index in [1.165, 1.54) is 17.4 Å². The van der Waals surface area contributed by atoms with Crippen LogP contribution in [-0.2, 0) is 11.3 Å². The normalized spacial score (nSPS) is 17.6. The summed E-state index contributed by atoms with van der Waals surface area (Å²) in [7, 11) is 0. The molecule has 3 rings (SSSR count). The zero-order chi connectivity index (χ0) is 15.4. The summed E-state index contributed by atoms with van der Waals surface area (Å²) in [6.07, 6.45) is 2.02. The molecule has 1 aliphatic heterocycles. The Morgan fingerprint density at radius 3 is 2.86 bits per heavy atom. The van der Waals surface area contributed by atoms with Crippen LogP contribution in [0.4, 0.5) is 4.39 Å². The first-order valence-electron chi connectivity index (χ1n) is 7.42. The lowest BCUT2D eigenvalue weighted by atomic mass is 10.1. The molecule has 1 fully saturated rings. The van der Waals surface area contributed by atoms with E-state index in [-0.39, 0.29) is 24.4 Å². The number of hydrogen-bond acceptors (Lipinski definition) is 3. The minimum Gasteiger partial charge on any atom is -0.376 e. The first-order valence-corrected chi connectivity index (χ1v) is 8.30. The van der Waals surface area contributed by atoms with Crippen molar-refractivity contribution in [2.24, 2.45) is 0 Å². The molecule has 1 unspecified atom stereocenters. The Balaban J connectivity index is 1.79. The van der Waals surface area contributed by atoms with Gasteiger partial charge < -0.3 is 9.64 Å². The molecule has 116 valence electrons. The Hall–Kier alpha value is -1.72. The number of nitrogens with zero attached hydrogens (tertiary/aromatic N) is 1. The van der Waals surface area contributed by atoms with Gasteiger partial charge in [0.15, 0.2) is 0 Å². The van der Waals surface area contributed by atoms with Crippen molar-refractivity contribution in [1.29, 1.82) is 0 Å². The van der Waals surface area contributed by atoms with Crippen molar-refractivity contribution in [2.75, 3.05) is 13.2 Å². The second-order valence-electron chi connectivity index (χ2n) is 5.39. The largest absolute Gasteiger partial charge is 0.376 e. The number of ether oxygens (including phenoxy) is 1. The van der Waals surface area contributed by atoms with Crippen LogP contribution in [0.3, 0.4) is 0 Å². The summed E-state index contributed by atoms with van der Waals surface area (Å²) in [5, 5.41) is 1.88. The van der Waals surface area contributed by atoms with E-state index < -0.39 is 0 Å². The Morgan fingerprint density at radius 1 is 1.32 bits per heavy atom. The topological polar surface area (TPSA) is 29.5 Å². The summed E-state index contributed by atoms with van der Waals surface area (Å²) >= 11 is 1.41. The lowest BCUT2D eigenvalue weighted by Crippen LogP contribution is -2.36. The van der Waals surface area contributed by atoms with Gasteiger partial charge in [-0.1, -0.05) is 24.3 Å². The van der Waals surface area contributed by atoms with Crippen molar-refractivity contribution >= 4 is 17.2 Å². The maximum absolute atomic E-state index is 13.9. The number of thiophene rings is 1. The number of hydrogen-bond donors (Lipinski definition) is 0. The quantitative estimate of drug-likeness (QED) is 0.841. The van der Waals surface area contributed by atoms with E-state index in [0.717, 1.165) is 19.4 Å². The van der Waals surface area contributed by atoms with Gasteiger partial charge in [0, 0.05) is 25.3 Å². The molecule has 1 amide bonds. The molecule has 2 aromatic rings. The molecule has 0 aliphatic carbocycles. The highest BCUT2D eigenvalue weighted by atomic mass is 32.1. The SMILES string of the molecule is O=C(c1cccs1)N(Cc1ccccc1F)CC1CCCO1. The second kappa shape index (κ2) is 7.03. The van der Waals surface area contributed by atoms with Gasteiger partial charge in [-0.15, -0.1) is 11.3 Å². The molecule has 2 heterocycles. The zero-order valence-electron chi connectivity index (χ0n) is 12.2. The molecule has 3 nitrogen and oxygen atoms in total. The zero-order valence-corrected chi connectivity index (χ0v) is 13.0. The molecule has 0 saturated carbocycles. The van der Waals surface area contributed by atoms with Crippen molar-refractivity contribution in [3.05, 3.63) is 58.0 Å². The molecule has 22 heavy (non-hydrogen) atoms. The van der Waals surface area contributed by atoms with Crippen LogP contribution < -0.4 is 0 Å². The van der Waals surface area contributed by atoms with Crippen molar-refractivity contribution in [2.45, 2.75) is 25.5 Å². The van der Waals surface area contributed by atoms with Gasteiger partial charge in [0.2, 0.25) is 0 Å². The van der Waals surface area contributed by atoms with Crippen LogP contribution in [0.15, 0.2) is 41.8 Å². The lowest BCUT2D eigenvalue weighted by molar-refractivity contribution is 0.0508. The van der Waals surface area contributed by atoms with Gasteiger partial charge in [-0.05, 0) is 30.4 Å². The van der Waals surface area contributed by atoms with Crippen LogP contribution >= 0.6 is 11.3 Å². The van der Waals surface area contributed by atoms with E-state index in [0.29, 0.717) is 17.0 Å². The van der Waals surface area contributed by atoms with Crippen molar-refractivity contribution < 1.29 is 13.9 Å². The average molecular weight is 319 g/mol. The first-order chi connectivity index (χ1) is 10.7. The summed E-state index contributed by atoms with van der Waals surface area (Å²) in [4.78, 5) is 15.0. The van der Waals surface area contributed by atoms with Crippen LogP contribution in [0.25, 0.3) is 0 Å². The number of halogens is 1. The van der Waals surface area contributed by atoms with Gasteiger partial charge in [-0.2, -0.15) is 0 Å². The molecule has 1 aromatic heterocycles. The Morgan fingerprint density at radius 2 is 2.18 bits per heavy atom. The number of amides is 1. The van der Waals surface area contributed by atoms with E-state index in [4.69, 9.17) is 4.74 Å². The minimum absolute atomic E-state index is 0.0516. The monoisotopic (exact) mass is 319 g/mol. The molecule has 0 bridgehead atoms. The molecule has 0 N–H and O–H groups in total. The van der Waals surface area contributed by atoms with Gasteiger partial charge in [0.05, 0.1) is 11.0 Å². The summed E-state index contributed by atoms with van der Waals surface area (Å²) in [6.45, 7) is 1.51. The van der Waals surface area contributed by atoms with Crippen LogP contribution in [0.5, 0.6) is 0 Å². The molecule has 5 heteroatoms.